The first-order valence-electron chi connectivity index (χ1n) is 8.07. The molecule has 0 saturated carbocycles. The molecule has 3 rings (SSSR count). The number of hydrogen-bond acceptors (Lipinski definition) is 3. The molecule has 1 aromatic carbocycles. The molecule has 24 heavy (non-hydrogen) atoms. The van der Waals surface area contributed by atoms with E-state index in [0.29, 0.717) is 6.42 Å². The lowest BCUT2D eigenvalue weighted by atomic mass is 10.1. The first-order valence-corrected chi connectivity index (χ1v) is 8.95. The summed E-state index contributed by atoms with van der Waals surface area (Å²) in [6, 6.07) is 9.58. The Morgan fingerprint density at radius 3 is 2.88 bits per heavy atom. The summed E-state index contributed by atoms with van der Waals surface area (Å²) in [6.07, 6.45) is 5.96. The second kappa shape index (κ2) is 7.45. The van der Waals surface area contributed by atoms with Gasteiger partial charge >= 0.3 is 0 Å². The molecule has 2 amide bonds. The Bertz CT molecular complexity index is 766. The third-order valence-corrected chi connectivity index (χ3v) is 4.86. The lowest BCUT2D eigenvalue weighted by Gasteiger charge is -2.28. The number of aryl methyl sites for hydroxylation is 1. The van der Waals surface area contributed by atoms with Gasteiger partial charge < -0.3 is 10.2 Å². The Kier molecular flexibility index (Phi) is 5.11. The molecule has 0 aliphatic carbocycles. The average molecular weight is 340 g/mol. The second-order valence-electron chi connectivity index (χ2n) is 5.84. The second-order valence-corrected chi connectivity index (χ2v) is 6.82. The first kappa shape index (κ1) is 16.5. The van der Waals surface area contributed by atoms with Crippen LogP contribution in [0.5, 0.6) is 0 Å². The zero-order valence-corrected chi connectivity index (χ0v) is 14.4. The molecule has 5 heteroatoms. The lowest BCUT2D eigenvalue weighted by Crippen LogP contribution is -2.35. The van der Waals surface area contributed by atoms with Crippen LogP contribution in [0.3, 0.4) is 0 Å². The molecule has 2 aromatic rings. The molecular weight excluding hydrogens is 320 g/mol. The number of nitrogens with one attached hydrogen (secondary N) is 1. The molecule has 0 radical (unpaired) electrons. The first-order chi connectivity index (χ1) is 11.6. The van der Waals surface area contributed by atoms with Gasteiger partial charge in [-0.25, -0.2) is 0 Å². The van der Waals surface area contributed by atoms with E-state index in [2.05, 4.69) is 5.32 Å². The van der Waals surface area contributed by atoms with Crippen LogP contribution >= 0.6 is 11.3 Å². The maximum atomic E-state index is 12.1. The Hall–Kier alpha value is -2.40. The van der Waals surface area contributed by atoms with Gasteiger partial charge in [-0.05, 0) is 61.1 Å². The number of thiophene rings is 1. The van der Waals surface area contributed by atoms with Gasteiger partial charge in [-0.3, -0.25) is 9.59 Å². The van der Waals surface area contributed by atoms with Crippen molar-refractivity contribution in [2.75, 3.05) is 16.8 Å². The van der Waals surface area contributed by atoms with Crippen molar-refractivity contribution in [1.82, 2.24) is 0 Å². The molecule has 1 aliphatic heterocycles. The van der Waals surface area contributed by atoms with E-state index < -0.39 is 0 Å². The number of benzene rings is 1. The van der Waals surface area contributed by atoms with Gasteiger partial charge in [-0.2, -0.15) is 0 Å². The summed E-state index contributed by atoms with van der Waals surface area (Å²) in [6.45, 7) is 2.74. The third kappa shape index (κ3) is 3.92. The van der Waals surface area contributed by atoms with E-state index in [1.807, 2.05) is 47.5 Å². The number of carbonyl (C=O) groups is 2. The maximum Gasteiger partial charge on any atom is 0.248 e. The van der Waals surface area contributed by atoms with E-state index in [-0.39, 0.29) is 11.8 Å². The molecule has 1 saturated heterocycles. The fraction of sp³-hybridized carbons (Fsp3) is 0.263. The molecular formula is C19H20N2O2S. The summed E-state index contributed by atoms with van der Waals surface area (Å²) in [7, 11) is 0. The Labute approximate surface area is 145 Å². The summed E-state index contributed by atoms with van der Waals surface area (Å²) < 4.78 is 0. The number of rotatable bonds is 4. The Morgan fingerprint density at radius 1 is 1.29 bits per heavy atom. The normalized spacial score (nSPS) is 15.0. The zero-order valence-electron chi connectivity index (χ0n) is 13.6. The molecule has 0 spiro atoms. The molecule has 4 nitrogen and oxygen atoms in total. The zero-order chi connectivity index (χ0) is 16.9. The lowest BCUT2D eigenvalue weighted by molar-refractivity contribution is -0.119. The highest BCUT2D eigenvalue weighted by atomic mass is 32.1. The van der Waals surface area contributed by atoms with Gasteiger partial charge in [0.1, 0.15) is 0 Å². The molecule has 1 fully saturated rings. The van der Waals surface area contributed by atoms with Crippen LogP contribution < -0.4 is 10.2 Å². The fourth-order valence-electron chi connectivity index (χ4n) is 2.82. The number of carbonyl (C=O) groups excluding carboxylic acids is 2. The molecule has 124 valence electrons. The highest BCUT2D eigenvalue weighted by Gasteiger charge is 2.20. The van der Waals surface area contributed by atoms with Crippen molar-refractivity contribution in [2.24, 2.45) is 0 Å². The monoisotopic (exact) mass is 340 g/mol. The van der Waals surface area contributed by atoms with Gasteiger partial charge in [0.25, 0.3) is 0 Å². The summed E-state index contributed by atoms with van der Waals surface area (Å²) in [5.74, 6) is 0.0182. The quantitative estimate of drug-likeness (QED) is 0.847. The predicted octanol–water partition coefficient (Wildman–Crippen LogP) is 4.23. The van der Waals surface area contributed by atoms with Crippen LogP contribution in [0.1, 0.15) is 29.7 Å². The van der Waals surface area contributed by atoms with Crippen LogP contribution in [0.25, 0.3) is 6.08 Å². The van der Waals surface area contributed by atoms with Crippen molar-refractivity contribution in [2.45, 2.75) is 26.2 Å². The van der Waals surface area contributed by atoms with Crippen molar-refractivity contribution in [1.29, 1.82) is 0 Å². The van der Waals surface area contributed by atoms with Crippen LogP contribution in [-0.4, -0.2) is 18.4 Å². The topological polar surface area (TPSA) is 49.4 Å². The minimum Gasteiger partial charge on any atom is -0.323 e. The third-order valence-electron chi connectivity index (χ3n) is 4.02. The molecule has 2 heterocycles. The summed E-state index contributed by atoms with van der Waals surface area (Å²) in [4.78, 5) is 26.9. The minimum absolute atomic E-state index is 0.162. The van der Waals surface area contributed by atoms with Gasteiger partial charge in [0, 0.05) is 35.3 Å². The van der Waals surface area contributed by atoms with E-state index in [1.165, 1.54) is 6.08 Å². The van der Waals surface area contributed by atoms with Crippen LogP contribution in [0.4, 0.5) is 11.4 Å². The average Bonchev–Trinajstić information content (AvgIpc) is 3.08. The number of amides is 2. The van der Waals surface area contributed by atoms with E-state index in [1.54, 1.807) is 17.4 Å². The van der Waals surface area contributed by atoms with Crippen molar-refractivity contribution in [3.8, 4) is 0 Å². The van der Waals surface area contributed by atoms with Gasteiger partial charge in [0.05, 0.1) is 0 Å². The largest absolute Gasteiger partial charge is 0.323 e. The van der Waals surface area contributed by atoms with Crippen molar-refractivity contribution in [3.05, 3.63) is 52.2 Å². The standard InChI is InChI=1S/C19H20N2O2S/c1-14-13-15(20-18(22)10-8-16-5-4-12-24-16)7-9-17(14)21-11-3-2-6-19(21)23/h4-5,7-10,12-13H,2-3,6,11H2,1H3,(H,20,22)/b10-8+. The molecule has 0 bridgehead atoms. The van der Waals surface area contributed by atoms with E-state index in [9.17, 15) is 9.59 Å². The SMILES string of the molecule is Cc1cc(NC(=O)/C=C/c2cccs2)ccc1N1CCCCC1=O. The number of hydrogen-bond donors (Lipinski definition) is 1. The number of nitrogens with zero attached hydrogens (tertiary/aromatic N) is 1. The van der Waals surface area contributed by atoms with Gasteiger partial charge in [0.15, 0.2) is 0 Å². The molecule has 1 aliphatic rings. The van der Waals surface area contributed by atoms with E-state index in [4.69, 9.17) is 0 Å². The van der Waals surface area contributed by atoms with Gasteiger partial charge in [-0.1, -0.05) is 6.07 Å². The maximum absolute atomic E-state index is 12.1. The van der Waals surface area contributed by atoms with Gasteiger partial charge in [0.2, 0.25) is 11.8 Å². The minimum atomic E-state index is -0.162. The van der Waals surface area contributed by atoms with Gasteiger partial charge in [-0.15, -0.1) is 11.3 Å². The van der Waals surface area contributed by atoms with Crippen LogP contribution in [0.2, 0.25) is 0 Å². The van der Waals surface area contributed by atoms with Crippen molar-refractivity contribution < 1.29 is 9.59 Å². The van der Waals surface area contributed by atoms with Crippen LogP contribution in [0.15, 0.2) is 41.8 Å². The Balaban J connectivity index is 1.68. The van der Waals surface area contributed by atoms with E-state index in [0.717, 1.165) is 41.2 Å². The molecule has 0 atom stereocenters. The number of anilines is 2. The summed E-state index contributed by atoms with van der Waals surface area (Å²) in [5, 5.41) is 4.84. The van der Waals surface area contributed by atoms with Crippen molar-refractivity contribution in [3.63, 3.8) is 0 Å². The molecule has 1 N–H and O–H groups in total. The molecule has 1 aromatic heterocycles. The molecule has 0 unspecified atom stereocenters. The summed E-state index contributed by atoms with van der Waals surface area (Å²) >= 11 is 1.59. The highest BCUT2D eigenvalue weighted by Crippen LogP contribution is 2.27. The van der Waals surface area contributed by atoms with Crippen molar-refractivity contribution >= 4 is 40.6 Å². The number of piperidine rings is 1. The van der Waals surface area contributed by atoms with Crippen LogP contribution in [-0.2, 0) is 9.59 Å². The van der Waals surface area contributed by atoms with Crippen LogP contribution in [0, 0.1) is 6.92 Å². The highest BCUT2D eigenvalue weighted by molar-refractivity contribution is 7.10. The summed E-state index contributed by atoms with van der Waals surface area (Å²) in [5.41, 5.74) is 2.67. The fourth-order valence-corrected chi connectivity index (χ4v) is 3.44. The van der Waals surface area contributed by atoms with E-state index >= 15 is 0 Å². The predicted molar refractivity (Wildman–Crippen MR) is 99.4 cm³/mol. The Morgan fingerprint density at radius 2 is 2.17 bits per heavy atom. The smallest absolute Gasteiger partial charge is 0.248 e.